The van der Waals surface area contributed by atoms with E-state index in [9.17, 15) is 4.79 Å². The van der Waals surface area contributed by atoms with Crippen molar-refractivity contribution in [2.75, 3.05) is 13.1 Å². The lowest BCUT2D eigenvalue weighted by atomic mass is 9.82. The molecular formula is C12H17N3O. The third kappa shape index (κ3) is 1.67. The summed E-state index contributed by atoms with van der Waals surface area (Å²) in [6.45, 7) is 1.88. The van der Waals surface area contributed by atoms with Gasteiger partial charge < -0.3 is 10.3 Å². The van der Waals surface area contributed by atoms with Crippen LogP contribution in [0.15, 0.2) is 6.33 Å². The average molecular weight is 219 g/mol. The number of hydrogen-bond donors (Lipinski definition) is 2. The Bertz CT molecular complexity index is 393. The normalized spacial score (nSPS) is 29.0. The van der Waals surface area contributed by atoms with E-state index in [0.717, 1.165) is 44.5 Å². The van der Waals surface area contributed by atoms with Gasteiger partial charge in [0.1, 0.15) is 5.78 Å². The lowest BCUT2D eigenvalue weighted by molar-refractivity contribution is -0.126. The van der Waals surface area contributed by atoms with Gasteiger partial charge in [-0.2, -0.15) is 0 Å². The van der Waals surface area contributed by atoms with Gasteiger partial charge in [-0.15, -0.1) is 0 Å². The quantitative estimate of drug-likeness (QED) is 0.769. The van der Waals surface area contributed by atoms with Crippen LogP contribution in [0.3, 0.4) is 0 Å². The summed E-state index contributed by atoms with van der Waals surface area (Å²) in [7, 11) is 0. The highest BCUT2D eigenvalue weighted by molar-refractivity contribution is 5.84. The number of rotatable bonds is 2. The van der Waals surface area contributed by atoms with Crippen LogP contribution in [-0.4, -0.2) is 28.8 Å². The molecule has 0 radical (unpaired) electrons. The van der Waals surface area contributed by atoms with Gasteiger partial charge in [0.2, 0.25) is 0 Å². The van der Waals surface area contributed by atoms with E-state index in [4.69, 9.17) is 0 Å². The van der Waals surface area contributed by atoms with E-state index < -0.39 is 0 Å². The summed E-state index contributed by atoms with van der Waals surface area (Å²) in [6.07, 6.45) is 5.56. The molecule has 1 aliphatic carbocycles. The van der Waals surface area contributed by atoms with Crippen molar-refractivity contribution in [1.82, 2.24) is 15.3 Å². The molecule has 2 unspecified atom stereocenters. The van der Waals surface area contributed by atoms with E-state index in [-0.39, 0.29) is 11.8 Å². The Balaban J connectivity index is 1.71. The van der Waals surface area contributed by atoms with Crippen molar-refractivity contribution < 1.29 is 4.79 Å². The highest BCUT2D eigenvalue weighted by atomic mass is 16.1. The molecule has 0 amide bonds. The van der Waals surface area contributed by atoms with E-state index in [0.29, 0.717) is 5.78 Å². The number of ketones is 1. The summed E-state index contributed by atoms with van der Waals surface area (Å²) >= 11 is 0. The van der Waals surface area contributed by atoms with Crippen LogP contribution >= 0.6 is 0 Å². The van der Waals surface area contributed by atoms with Gasteiger partial charge in [0, 0.05) is 24.1 Å². The average Bonchev–Trinajstić information content (AvgIpc) is 2.98. The van der Waals surface area contributed by atoms with E-state index in [2.05, 4.69) is 15.3 Å². The molecular weight excluding hydrogens is 202 g/mol. The highest BCUT2D eigenvalue weighted by Crippen LogP contribution is 2.27. The molecule has 86 valence electrons. The van der Waals surface area contributed by atoms with Crippen molar-refractivity contribution in [2.24, 2.45) is 11.8 Å². The zero-order valence-corrected chi connectivity index (χ0v) is 9.33. The van der Waals surface area contributed by atoms with Gasteiger partial charge >= 0.3 is 0 Å². The van der Waals surface area contributed by atoms with Crippen LogP contribution in [0.5, 0.6) is 0 Å². The van der Waals surface area contributed by atoms with Crippen molar-refractivity contribution in [3.8, 4) is 0 Å². The number of hydrogen-bond acceptors (Lipinski definition) is 3. The van der Waals surface area contributed by atoms with Gasteiger partial charge in [0.05, 0.1) is 12.0 Å². The maximum Gasteiger partial charge on any atom is 0.140 e. The molecule has 16 heavy (non-hydrogen) atoms. The Morgan fingerprint density at radius 1 is 1.38 bits per heavy atom. The zero-order chi connectivity index (χ0) is 11.0. The predicted octanol–water partition coefficient (Wildman–Crippen LogP) is 0.693. The number of aromatic amines is 1. The molecule has 1 saturated heterocycles. The summed E-state index contributed by atoms with van der Waals surface area (Å²) < 4.78 is 0. The number of carbonyl (C=O) groups excluding carboxylic acids is 1. The Morgan fingerprint density at radius 2 is 2.31 bits per heavy atom. The largest absolute Gasteiger partial charge is 0.348 e. The summed E-state index contributed by atoms with van der Waals surface area (Å²) in [5.41, 5.74) is 2.34. The summed E-state index contributed by atoms with van der Waals surface area (Å²) in [4.78, 5) is 19.7. The number of aromatic nitrogens is 2. The minimum absolute atomic E-state index is 0.220. The van der Waals surface area contributed by atoms with Crippen molar-refractivity contribution in [3.63, 3.8) is 0 Å². The molecule has 4 nitrogen and oxygen atoms in total. The number of H-pyrrole nitrogens is 1. The Kier molecular flexibility index (Phi) is 2.52. The molecule has 0 spiro atoms. The van der Waals surface area contributed by atoms with Gasteiger partial charge in [-0.05, 0) is 32.2 Å². The van der Waals surface area contributed by atoms with Crippen LogP contribution in [-0.2, 0) is 17.6 Å². The fourth-order valence-electron chi connectivity index (χ4n) is 2.87. The molecule has 1 fully saturated rings. The molecule has 2 aliphatic rings. The molecule has 1 aromatic rings. The van der Waals surface area contributed by atoms with Crippen LogP contribution in [0.4, 0.5) is 0 Å². The van der Waals surface area contributed by atoms with Crippen LogP contribution in [0.1, 0.15) is 24.2 Å². The maximum atomic E-state index is 12.3. The van der Waals surface area contributed by atoms with Crippen LogP contribution in [0.2, 0.25) is 0 Å². The molecule has 4 heteroatoms. The maximum absolute atomic E-state index is 12.3. The molecule has 0 bridgehead atoms. The molecule has 2 N–H and O–H groups in total. The third-order valence-electron chi connectivity index (χ3n) is 3.85. The first-order chi connectivity index (χ1) is 7.84. The first kappa shape index (κ1) is 10.0. The molecule has 2 atom stereocenters. The van der Waals surface area contributed by atoms with Crippen molar-refractivity contribution in [1.29, 1.82) is 0 Å². The second-order valence-corrected chi connectivity index (χ2v) is 4.86. The zero-order valence-electron chi connectivity index (χ0n) is 9.33. The molecule has 1 aromatic heterocycles. The van der Waals surface area contributed by atoms with Crippen LogP contribution in [0.25, 0.3) is 0 Å². The minimum Gasteiger partial charge on any atom is -0.348 e. The summed E-state index contributed by atoms with van der Waals surface area (Å²) in [5.74, 6) is 0.942. The first-order valence-corrected chi connectivity index (χ1v) is 6.10. The molecule has 0 saturated carbocycles. The number of aryl methyl sites for hydroxylation is 1. The third-order valence-corrected chi connectivity index (χ3v) is 3.85. The number of carbonyl (C=O) groups is 1. The fourth-order valence-corrected chi connectivity index (χ4v) is 2.87. The fraction of sp³-hybridized carbons (Fsp3) is 0.667. The summed E-state index contributed by atoms with van der Waals surface area (Å²) in [5, 5.41) is 3.27. The van der Waals surface area contributed by atoms with Gasteiger partial charge in [-0.25, -0.2) is 4.98 Å². The summed E-state index contributed by atoms with van der Waals surface area (Å²) in [6, 6.07) is 0. The molecule has 3 rings (SSSR count). The number of nitrogens with zero attached hydrogens (tertiary/aromatic N) is 1. The topological polar surface area (TPSA) is 57.8 Å². The molecule has 1 aliphatic heterocycles. The number of nitrogens with one attached hydrogen (secondary N) is 2. The van der Waals surface area contributed by atoms with Gasteiger partial charge in [-0.1, -0.05) is 0 Å². The Labute approximate surface area is 94.8 Å². The van der Waals surface area contributed by atoms with Crippen LogP contribution < -0.4 is 5.32 Å². The standard InChI is InChI=1S/C12H17N3O/c16-12(9-3-4-13-6-9)8-1-2-10-11(5-8)15-7-14-10/h7-9,13H,1-6H2,(H,14,15). The lowest BCUT2D eigenvalue weighted by Gasteiger charge is -2.22. The van der Waals surface area contributed by atoms with E-state index in [1.165, 1.54) is 5.69 Å². The van der Waals surface area contributed by atoms with Gasteiger partial charge in [0.25, 0.3) is 0 Å². The highest BCUT2D eigenvalue weighted by Gasteiger charge is 2.32. The first-order valence-electron chi connectivity index (χ1n) is 6.10. The number of imidazole rings is 1. The molecule has 0 aromatic carbocycles. The second kappa shape index (κ2) is 4.01. The van der Waals surface area contributed by atoms with Crippen molar-refractivity contribution in [3.05, 3.63) is 17.7 Å². The van der Waals surface area contributed by atoms with Crippen LogP contribution in [0, 0.1) is 11.8 Å². The SMILES string of the molecule is O=C(C1CCNC1)C1CCc2nc[nH]c2C1. The van der Waals surface area contributed by atoms with Gasteiger partial charge in [0.15, 0.2) is 0 Å². The number of Topliss-reactive ketones (excluding diaryl/α,β-unsaturated/α-hetero) is 1. The van der Waals surface area contributed by atoms with Gasteiger partial charge in [-0.3, -0.25) is 4.79 Å². The van der Waals surface area contributed by atoms with E-state index in [1.807, 2.05) is 0 Å². The molecule has 2 heterocycles. The minimum atomic E-state index is 0.220. The monoisotopic (exact) mass is 219 g/mol. The predicted molar refractivity (Wildman–Crippen MR) is 60.1 cm³/mol. The number of fused-ring (bicyclic) bond motifs is 1. The van der Waals surface area contributed by atoms with E-state index in [1.54, 1.807) is 6.33 Å². The van der Waals surface area contributed by atoms with E-state index >= 15 is 0 Å². The Morgan fingerprint density at radius 3 is 3.12 bits per heavy atom. The Hall–Kier alpha value is -1.16. The smallest absolute Gasteiger partial charge is 0.140 e. The van der Waals surface area contributed by atoms with Crippen molar-refractivity contribution >= 4 is 5.78 Å². The second-order valence-electron chi connectivity index (χ2n) is 4.86. The van der Waals surface area contributed by atoms with Crippen molar-refractivity contribution in [2.45, 2.75) is 25.7 Å². The lowest BCUT2D eigenvalue weighted by Crippen LogP contribution is -2.29.